The van der Waals surface area contributed by atoms with E-state index < -0.39 is 5.91 Å². The second kappa shape index (κ2) is 8.52. The molecule has 0 saturated carbocycles. The van der Waals surface area contributed by atoms with Crippen molar-refractivity contribution in [3.8, 4) is 5.75 Å². The number of anilines is 1. The topological polar surface area (TPSA) is 50.4 Å². The van der Waals surface area contributed by atoms with Crippen LogP contribution in [0.3, 0.4) is 0 Å². The number of methoxy groups -OCH3 is 1. The molecule has 0 saturated heterocycles. The number of hydrogen-bond acceptors (Lipinski definition) is 3. The molecule has 0 aromatic heterocycles. The average Bonchev–Trinajstić information content (AvgIpc) is 2.54. The van der Waals surface area contributed by atoms with Gasteiger partial charge in [-0.15, -0.1) is 0 Å². The van der Waals surface area contributed by atoms with E-state index >= 15 is 0 Å². The molecule has 0 spiro atoms. The van der Waals surface area contributed by atoms with E-state index in [-0.39, 0.29) is 21.4 Å². The van der Waals surface area contributed by atoms with Crippen molar-refractivity contribution < 1.29 is 9.53 Å². The van der Waals surface area contributed by atoms with Crippen LogP contribution in [0.2, 0.25) is 10.0 Å². The van der Waals surface area contributed by atoms with Gasteiger partial charge in [-0.05, 0) is 41.9 Å². The monoisotopic (exact) mass is 396 g/mol. The maximum Gasteiger partial charge on any atom is 0.261 e. The Morgan fingerprint density at radius 1 is 1.20 bits per heavy atom. The first-order valence-corrected chi connectivity index (χ1v) is 8.74. The van der Waals surface area contributed by atoms with E-state index in [0.717, 1.165) is 11.3 Å². The van der Waals surface area contributed by atoms with Crippen molar-refractivity contribution in [3.05, 3.63) is 57.6 Å². The number of thiocarbonyl (C=S) groups is 1. The van der Waals surface area contributed by atoms with Crippen LogP contribution >= 0.6 is 35.4 Å². The third-order valence-electron chi connectivity index (χ3n) is 3.52. The summed E-state index contributed by atoms with van der Waals surface area (Å²) in [5, 5.41) is 6.44. The van der Waals surface area contributed by atoms with Crippen LogP contribution in [-0.4, -0.2) is 18.1 Å². The Labute approximate surface area is 162 Å². The summed E-state index contributed by atoms with van der Waals surface area (Å²) in [7, 11) is 1.43. The third kappa shape index (κ3) is 4.84. The second-order valence-corrected chi connectivity index (χ2v) is 6.87. The number of nitrogens with one attached hydrogen (secondary N) is 2. The highest BCUT2D eigenvalue weighted by Crippen LogP contribution is 2.32. The Bertz CT molecular complexity index is 810. The van der Waals surface area contributed by atoms with E-state index in [1.54, 1.807) is 0 Å². The van der Waals surface area contributed by atoms with Crippen LogP contribution in [-0.2, 0) is 0 Å². The molecule has 4 nitrogen and oxygen atoms in total. The summed E-state index contributed by atoms with van der Waals surface area (Å²) in [6.07, 6.45) is 0. The smallest absolute Gasteiger partial charge is 0.261 e. The molecule has 0 fully saturated rings. The van der Waals surface area contributed by atoms with Gasteiger partial charge in [-0.1, -0.05) is 55.2 Å². The molecule has 25 heavy (non-hydrogen) atoms. The maximum atomic E-state index is 12.5. The molecular weight excluding hydrogens is 379 g/mol. The lowest BCUT2D eigenvalue weighted by Gasteiger charge is -2.16. The normalized spacial score (nSPS) is 10.5. The van der Waals surface area contributed by atoms with Crippen LogP contribution < -0.4 is 15.4 Å². The van der Waals surface area contributed by atoms with E-state index in [4.69, 9.17) is 40.2 Å². The number of carbonyl (C=O) groups is 1. The third-order valence-corrected chi connectivity index (χ3v) is 4.22. The van der Waals surface area contributed by atoms with Crippen molar-refractivity contribution in [3.63, 3.8) is 0 Å². The number of carbonyl (C=O) groups excluding carboxylic acids is 1. The standard InChI is InChI=1S/C18H18Cl2N2O2S/c1-10(2)12-6-4-5-7-15(12)21-18(25)22-17(23)13-8-11(19)9-14(20)16(13)24-3/h4-10H,1-3H3,(H2,21,22,23,25). The van der Waals surface area contributed by atoms with Crippen LogP contribution in [0.15, 0.2) is 36.4 Å². The fourth-order valence-electron chi connectivity index (χ4n) is 2.37. The molecule has 7 heteroatoms. The highest BCUT2D eigenvalue weighted by atomic mass is 35.5. The van der Waals surface area contributed by atoms with Gasteiger partial charge in [0, 0.05) is 10.7 Å². The summed E-state index contributed by atoms with van der Waals surface area (Å²) in [5.74, 6) is 0.101. The lowest BCUT2D eigenvalue weighted by Crippen LogP contribution is -2.34. The quantitative estimate of drug-likeness (QED) is 0.692. The largest absolute Gasteiger partial charge is 0.494 e. The summed E-state index contributed by atoms with van der Waals surface area (Å²) >= 11 is 17.3. The lowest BCUT2D eigenvalue weighted by molar-refractivity contribution is 0.0975. The molecule has 0 atom stereocenters. The van der Waals surface area contributed by atoms with Gasteiger partial charge in [0.15, 0.2) is 5.11 Å². The number of ether oxygens (including phenoxy) is 1. The van der Waals surface area contributed by atoms with Gasteiger partial charge in [-0.2, -0.15) is 0 Å². The molecule has 132 valence electrons. The maximum absolute atomic E-state index is 12.5. The van der Waals surface area contributed by atoms with Crippen molar-refractivity contribution in [2.45, 2.75) is 19.8 Å². The number of hydrogen-bond donors (Lipinski definition) is 2. The van der Waals surface area contributed by atoms with Crippen LogP contribution in [0.5, 0.6) is 5.75 Å². The first-order valence-electron chi connectivity index (χ1n) is 7.57. The first-order chi connectivity index (χ1) is 11.8. The van der Waals surface area contributed by atoms with E-state index in [2.05, 4.69) is 24.5 Å². The fraction of sp³-hybridized carbons (Fsp3) is 0.222. The Morgan fingerprint density at radius 2 is 1.88 bits per heavy atom. The molecule has 0 heterocycles. The molecule has 0 aliphatic heterocycles. The zero-order valence-corrected chi connectivity index (χ0v) is 16.4. The number of para-hydroxylation sites is 1. The molecule has 2 N–H and O–H groups in total. The molecule has 2 aromatic rings. The zero-order valence-electron chi connectivity index (χ0n) is 14.0. The van der Waals surface area contributed by atoms with Crippen molar-refractivity contribution in [1.29, 1.82) is 0 Å². The van der Waals surface area contributed by atoms with Gasteiger partial charge in [-0.25, -0.2) is 0 Å². The second-order valence-electron chi connectivity index (χ2n) is 5.62. The molecular formula is C18H18Cl2N2O2S. The Hall–Kier alpha value is -1.82. The lowest BCUT2D eigenvalue weighted by atomic mass is 10.0. The number of amides is 1. The van der Waals surface area contributed by atoms with Gasteiger partial charge in [0.1, 0.15) is 5.75 Å². The van der Waals surface area contributed by atoms with E-state index in [1.165, 1.54) is 19.2 Å². The average molecular weight is 397 g/mol. The summed E-state index contributed by atoms with van der Waals surface area (Å²) in [6, 6.07) is 10.8. The first kappa shape index (κ1) is 19.5. The van der Waals surface area contributed by atoms with Gasteiger partial charge in [0.05, 0.1) is 17.7 Å². The van der Waals surface area contributed by atoms with Crippen molar-refractivity contribution in [1.82, 2.24) is 5.32 Å². The summed E-state index contributed by atoms with van der Waals surface area (Å²) in [5.41, 5.74) is 2.16. The van der Waals surface area contributed by atoms with Crippen LogP contribution in [0.25, 0.3) is 0 Å². The molecule has 1 amide bonds. The van der Waals surface area contributed by atoms with Crippen molar-refractivity contribution in [2.24, 2.45) is 0 Å². The minimum Gasteiger partial charge on any atom is -0.494 e. The summed E-state index contributed by atoms with van der Waals surface area (Å²) in [6.45, 7) is 4.17. The predicted molar refractivity (Wildman–Crippen MR) is 107 cm³/mol. The van der Waals surface area contributed by atoms with Crippen molar-refractivity contribution >= 4 is 52.1 Å². The zero-order chi connectivity index (χ0) is 18.6. The SMILES string of the molecule is COc1c(Cl)cc(Cl)cc1C(=O)NC(=S)Nc1ccccc1C(C)C. The molecule has 0 unspecified atom stereocenters. The van der Waals surface area contributed by atoms with Crippen LogP contribution in [0.1, 0.15) is 35.7 Å². The number of rotatable bonds is 4. The minimum atomic E-state index is -0.458. The van der Waals surface area contributed by atoms with Gasteiger partial charge >= 0.3 is 0 Å². The molecule has 0 aliphatic carbocycles. The minimum absolute atomic E-state index is 0.177. The predicted octanol–water partition coefficient (Wildman–Crippen LogP) is 5.25. The van der Waals surface area contributed by atoms with E-state index in [0.29, 0.717) is 10.9 Å². The number of benzene rings is 2. The number of halogens is 2. The highest BCUT2D eigenvalue weighted by Gasteiger charge is 2.18. The van der Waals surface area contributed by atoms with Crippen LogP contribution in [0, 0.1) is 0 Å². The van der Waals surface area contributed by atoms with Crippen molar-refractivity contribution in [2.75, 3.05) is 12.4 Å². The van der Waals surface area contributed by atoms with Gasteiger partial charge < -0.3 is 10.1 Å². The fourth-order valence-corrected chi connectivity index (χ4v) is 3.15. The molecule has 0 bridgehead atoms. The summed E-state index contributed by atoms with van der Waals surface area (Å²) < 4.78 is 5.19. The molecule has 2 rings (SSSR count). The molecule has 0 aliphatic rings. The van der Waals surface area contributed by atoms with E-state index in [1.807, 2.05) is 24.3 Å². The Morgan fingerprint density at radius 3 is 2.52 bits per heavy atom. The van der Waals surface area contributed by atoms with Gasteiger partial charge in [-0.3, -0.25) is 10.1 Å². The van der Waals surface area contributed by atoms with Gasteiger partial charge in [0.25, 0.3) is 5.91 Å². The van der Waals surface area contributed by atoms with Crippen LogP contribution in [0.4, 0.5) is 5.69 Å². The Kier molecular flexibility index (Phi) is 6.64. The summed E-state index contributed by atoms with van der Waals surface area (Å²) in [4.78, 5) is 12.5. The van der Waals surface area contributed by atoms with Gasteiger partial charge in [0.2, 0.25) is 0 Å². The molecule has 2 aromatic carbocycles. The highest BCUT2D eigenvalue weighted by molar-refractivity contribution is 7.80. The van der Waals surface area contributed by atoms with E-state index in [9.17, 15) is 4.79 Å². The Balaban J connectivity index is 2.18. The molecule has 0 radical (unpaired) electrons.